The Kier molecular flexibility index (Phi) is 6.17. The predicted octanol–water partition coefficient (Wildman–Crippen LogP) is 3.76. The maximum Gasteiger partial charge on any atom is 0.255 e. The maximum absolute atomic E-state index is 12.6. The summed E-state index contributed by atoms with van der Waals surface area (Å²) in [6, 6.07) is 16.9. The molecule has 0 aliphatic heterocycles. The van der Waals surface area contributed by atoms with Crippen LogP contribution in [0, 0.1) is 11.8 Å². The van der Waals surface area contributed by atoms with E-state index in [0.29, 0.717) is 16.9 Å². The number of amides is 1. The van der Waals surface area contributed by atoms with E-state index in [1.807, 2.05) is 18.2 Å². The van der Waals surface area contributed by atoms with Crippen molar-refractivity contribution < 1.29 is 13.2 Å². The smallest absolute Gasteiger partial charge is 0.255 e. The molecule has 0 spiro atoms. The van der Waals surface area contributed by atoms with Gasteiger partial charge in [0.15, 0.2) is 0 Å². The number of nitrogens with one attached hydrogen (secondary N) is 2. The van der Waals surface area contributed by atoms with Crippen LogP contribution in [0.4, 0.5) is 11.4 Å². The van der Waals surface area contributed by atoms with Gasteiger partial charge in [0.25, 0.3) is 5.91 Å². The van der Waals surface area contributed by atoms with Crippen molar-refractivity contribution in [1.82, 2.24) is 4.98 Å². The van der Waals surface area contributed by atoms with Crippen LogP contribution < -0.4 is 10.0 Å². The number of sulfonamides is 1. The van der Waals surface area contributed by atoms with Crippen LogP contribution in [0.15, 0.2) is 66.9 Å². The second-order valence-corrected chi connectivity index (χ2v) is 8.22. The monoisotopic (exact) mass is 425 g/mol. The summed E-state index contributed by atoms with van der Waals surface area (Å²) < 4.78 is 25.2. The van der Waals surface area contributed by atoms with Crippen LogP contribution in [0.2, 0.25) is 5.02 Å². The fourth-order valence-corrected chi connectivity index (χ4v) is 3.18. The van der Waals surface area contributed by atoms with Crippen molar-refractivity contribution >= 4 is 38.9 Å². The molecule has 2 N–H and O–H groups in total. The van der Waals surface area contributed by atoms with Gasteiger partial charge in [-0.3, -0.25) is 9.52 Å². The van der Waals surface area contributed by atoms with Gasteiger partial charge in [0.2, 0.25) is 10.0 Å². The Bertz CT molecular complexity index is 1220. The maximum atomic E-state index is 12.6. The zero-order valence-corrected chi connectivity index (χ0v) is 16.9. The summed E-state index contributed by atoms with van der Waals surface area (Å²) in [5.41, 5.74) is 2.30. The van der Waals surface area contributed by atoms with E-state index in [0.717, 1.165) is 6.26 Å². The molecule has 8 heteroatoms. The largest absolute Gasteiger partial charge is 0.322 e. The lowest BCUT2D eigenvalue weighted by molar-refractivity contribution is 0.102. The molecule has 0 aliphatic carbocycles. The first-order chi connectivity index (χ1) is 13.8. The van der Waals surface area contributed by atoms with Crippen molar-refractivity contribution in [2.24, 2.45) is 0 Å². The van der Waals surface area contributed by atoms with Gasteiger partial charge in [-0.1, -0.05) is 29.7 Å². The van der Waals surface area contributed by atoms with E-state index in [9.17, 15) is 13.2 Å². The summed E-state index contributed by atoms with van der Waals surface area (Å²) in [5.74, 6) is 5.54. The molecular weight excluding hydrogens is 410 g/mol. The average Bonchev–Trinajstić information content (AvgIpc) is 2.68. The van der Waals surface area contributed by atoms with E-state index in [2.05, 4.69) is 26.9 Å². The van der Waals surface area contributed by atoms with Crippen molar-refractivity contribution in [2.75, 3.05) is 16.3 Å². The fraction of sp³-hybridized carbons (Fsp3) is 0.0476. The number of hydrogen-bond acceptors (Lipinski definition) is 4. The Hall–Kier alpha value is -3.34. The summed E-state index contributed by atoms with van der Waals surface area (Å²) in [7, 11) is -3.52. The first-order valence-electron chi connectivity index (χ1n) is 8.42. The van der Waals surface area contributed by atoms with E-state index in [-0.39, 0.29) is 16.3 Å². The number of anilines is 2. The molecule has 3 rings (SSSR count). The van der Waals surface area contributed by atoms with Crippen molar-refractivity contribution in [3.8, 4) is 11.8 Å². The van der Waals surface area contributed by atoms with Crippen LogP contribution in [-0.2, 0) is 10.0 Å². The Morgan fingerprint density at radius 1 is 1.03 bits per heavy atom. The summed E-state index contributed by atoms with van der Waals surface area (Å²) in [5, 5.41) is 2.96. The fourth-order valence-electron chi connectivity index (χ4n) is 2.40. The Balaban J connectivity index is 1.78. The van der Waals surface area contributed by atoms with Crippen molar-refractivity contribution in [1.29, 1.82) is 0 Å². The molecule has 2 aromatic carbocycles. The zero-order valence-electron chi connectivity index (χ0n) is 15.3. The zero-order chi connectivity index (χ0) is 20.9. The number of aromatic nitrogens is 1. The molecule has 1 amide bonds. The lowest BCUT2D eigenvalue weighted by Crippen LogP contribution is -2.14. The number of benzene rings is 2. The van der Waals surface area contributed by atoms with Gasteiger partial charge in [-0.15, -0.1) is 0 Å². The molecule has 3 aromatic rings. The van der Waals surface area contributed by atoms with E-state index >= 15 is 0 Å². The molecule has 1 heterocycles. The first kappa shape index (κ1) is 20.4. The van der Waals surface area contributed by atoms with Crippen LogP contribution in [-0.4, -0.2) is 25.6 Å². The second-order valence-electron chi connectivity index (χ2n) is 6.07. The van der Waals surface area contributed by atoms with E-state index in [1.54, 1.807) is 30.5 Å². The highest BCUT2D eigenvalue weighted by Gasteiger charge is 2.12. The Labute approximate surface area is 174 Å². The molecule has 146 valence electrons. The highest BCUT2D eigenvalue weighted by Crippen LogP contribution is 2.24. The third kappa shape index (κ3) is 6.07. The molecule has 1 aromatic heterocycles. The average molecular weight is 426 g/mol. The van der Waals surface area contributed by atoms with E-state index in [1.165, 1.54) is 18.2 Å². The minimum absolute atomic E-state index is 0.136. The number of nitrogens with zero attached hydrogens (tertiary/aromatic N) is 1. The molecule has 0 saturated carbocycles. The number of rotatable bonds is 4. The predicted molar refractivity (Wildman–Crippen MR) is 115 cm³/mol. The molecule has 0 bridgehead atoms. The van der Waals surface area contributed by atoms with E-state index in [4.69, 9.17) is 11.6 Å². The summed E-state index contributed by atoms with van der Waals surface area (Å²) >= 11 is 5.99. The first-order valence-corrected chi connectivity index (χ1v) is 10.7. The lowest BCUT2D eigenvalue weighted by Gasteiger charge is -2.10. The number of hydrogen-bond donors (Lipinski definition) is 2. The molecule has 0 radical (unpaired) electrons. The molecule has 29 heavy (non-hydrogen) atoms. The van der Waals surface area contributed by atoms with Crippen LogP contribution in [0.5, 0.6) is 0 Å². The summed E-state index contributed by atoms with van der Waals surface area (Å²) in [6.45, 7) is 0. The summed E-state index contributed by atoms with van der Waals surface area (Å²) in [4.78, 5) is 16.7. The second kappa shape index (κ2) is 8.78. The SMILES string of the molecule is CS(=O)(=O)Nc1cc(C(=O)Nc2cccc(C#Cc3ccccn3)c2)ccc1Cl. The summed E-state index contributed by atoms with van der Waals surface area (Å²) in [6.07, 6.45) is 2.67. The van der Waals surface area contributed by atoms with Crippen molar-refractivity contribution in [3.05, 3.63) is 88.7 Å². The number of carbonyl (C=O) groups is 1. The number of carbonyl (C=O) groups excluding carboxylic acids is 1. The molecular formula is C21H16ClN3O3S. The van der Waals surface area contributed by atoms with Gasteiger partial charge in [0.05, 0.1) is 17.0 Å². The van der Waals surface area contributed by atoms with Gasteiger partial charge in [-0.2, -0.15) is 0 Å². The standard InChI is InChI=1S/C21H16ClN3O3S/c1-29(27,28)25-20-14-16(9-11-19(20)22)21(26)24-18-7-4-5-15(13-18)8-10-17-6-2-3-12-23-17/h2-7,9,11-14,25H,1H3,(H,24,26). The minimum Gasteiger partial charge on any atom is -0.322 e. The van der Waals surface area contributed by atoms with Crippen LogP contribution in [0.1, 0.15) is 21.6 Å². The van der Waals surface area contributed by atoms with Gasteiger partial charge >= 0.3 is 0 Å². The Morgan fingerprint density at radius 3 is 2.59 bits per heavy atom. The molecule has 0 unspecified atom stereocenters. The van der Waals surface area contributed by atoms with Gasteiger partial charge in [-0.05, 0) is 54.5 Å². The highest BCUT2D eigenvalue weighted by molar-refractivity contribution is 7.92. The number of halogens is 1. The molecule has 0 fully saturated rings. The molecule has 0 saturated heterocycles. The van der Waals surface area contributed by atoms with Crippen molar-refractivity contribution in [2.45, 2.75) is 0 Å². The number of pyridine rings is 1. The highest BCUT2D eigenvalue weighted by atomic mass is 35.5. The van der Waals surface area contributed by atoms with E-state index < -0.39 is 15.9 Å². The van der Waals surface area contributed by atoms with Crippen molar-refractivity contribution in [3.63, 3.8) is 0 Å². The topological polar surface area (TPSA) is 88.2 Å². The van der Waals surface area contributed by atoms with Crippen LogP contribution in [0.3, 0.4) is 0 Å². The van der Waals surface area contributed by atoms with Gasteiger partial charge in [0.1, 0.15) is 5.69 Å². The molecule has 6 nitrogen and oxygen atoms in total. The quantitative estimate of drug-likeness (QED) is 0.623. The van der Waals surface area contributed by atoms with Crippen LogP contribution in [0.25, 0.3) is 0 Å². The van der Waals surface area contributed by atoms with Gasteiger partial charge in [-0.25, -0.2) is 13.4 Å². The lowest BCUT2D eigenvalue weighted by atomic mass is 10.1. The van der Waals surface area contributed by atoms with Crippen LogP contribution >= 0.6 is 11.6 Å². The molecule has 0 aliphatic rings. The molecule has 0 atom stereocenters. The third-order valence-corrected chi connectivity index (χ3v) is 4.56. The van der Waals surface area contributed by atoms with Gasteiger partial charge < -0.3 is 5.32 Å². The third-order valence-electron chi connectivity index (χ3n) is 3.64. The normalized spacial score (nSPS) is 10.6. The van der Waals surface area contributed by atoms with Gasteiger partial charge in [0, 0.05) is 23.0 Å². The minimum atomic E-state index is -3.52. The Morgan fingerprint density at radius 2 is 1.86 bits per heavy atom.